The first kappa shape index (κ1) is 12.0. The minimum atomic E-state index is -0.183. The second kappa shape index (κ2) is 5.75. The van der Waals surface area contributed by atoms with Crippen LogP contribution in [0.1, 0.15) is 58.8 Å². The lowest BCUT2D eigenvalue weighted by molar-refractivity contribution is 0.442. The fourth-order valence-corrected chi connectivity index (χ4v) is 1.96. The van der Waals surface area contributed by atoms with Crippen LogP contribution in [0.2, 0.25) is 0 Å². The predicted molar refractivity (Wildman–Crippen MR) is 64.5 cm³/mol. The largest absolute Gasteiger partial charge is 0.292 e. The summed E-state index contributed by atoms with van der Waals surface area (Å²) in [6, 6.07) is 0.556. The summed E-state index contributed by atoms with van der Waals surface area (Å²) in [6.45, 7) is 4.26. The van der Waals surface area contributed by atoms with Crippen LogP contribution in [0.5, 0.6) is 0 Å². The van der Waals surface area contributed by atoms with Gasteiger partial charge in [0.05, 0.1) is 4.87 Å². The maximum absolute atomic E-state index is 6.38. The highest BCUT2D eigenvalue weighted by atomic mass is 35.5. The third kappa shape index (κ3) is 3.61. The second-order valence-electron chi connectivity index (χ2n) is 4.31. The minimum absolute atomic E-state index is 0.183. The van der Waals surface area contributed by atoms with E-state index >= 15 is 0 Å². The molecule has 2 heteroatoms. The average Bonchev–Trinajstić information content (AvgIpc) is 2.27. The van der Waals surface area contributed by atoms with Crippen molar-refractivity contribution in [2.75, 3.05) is 0 Å². The van der Waals surface area contributed by atoms with Gasteiger partial charge in [-0.3, -0.25) is 4.99 Å². The minimum Gasteiger partial charge on any atom is -0.292 e. The summed E-state index contributed by atoms with van der Waals surface area (Å²) in [5, 5.41) is 0. The zero-order chi connectivity index (χ0) is 10.4. The number of halogens is 1. The summed E-state index contributed by atoms with van der Waals surface area (Å²) in [4.78, 5) is 4.46. The van der Waals surface area contributed by atoms with Crippen LogP contribution in [0.25, 0.3) is 0 Å². The molecule has 0 bridgehead atoms. The van der Waals surface area contributed by atoms with Gasteiger partial charge in [0.25, 0.3) is 0 Å². The zero-order valence-electron chi connectivity index (χ0n) is 9.43. The lowest BCUT2D eigenvalue weighted by Crippen LogP contribution is -2.22. The SMILES string of the molecule is CCC(Cl)(C=NC1CCCCC1)CC. The van der Waals surface area contributed by atoms with Crippen LogP contribution in [-0.4, -0.2) is 17.1 Å². The molecule has 1 nitrogen and oxygen atoms in total. The Hall–Kier alpha value is -0.0400. The number of rotatable bonds is 4. The van der Waals surface area contributed by atoms with E-state index in [0.29, 0.717) is 6.04 Å². The quantitative estimate of drug-likeness (QED) is 0.493. The normalized spacial score (nSPS) is 20.5. The van der Waals surface area contributed by atoms with Gasteiger partial charge in [-0.05, 0) is 25.7 Å². The van der Waals surface area contributed by atoms with Crippen LogP contribution in [0.15, 0.2) is 4.99 Å². The monoisotopic (exact) mass is 215 g/mol. The number of hydrogen-bond acceptors (Lipinski definition) is 1. The molecule has 0 aromatic rings. The molecule has 1 aliphatic carbocycles. The summed E-state index contributed by atoms with van der Waals surface area (Å²) in [7, 11) is 0. The molecule has 1 saturated carbocycles. The summed E-state index contributed by atoms with van der Waals surface area (Å²) in [5.74, 6) is 0. The predicted octanol–water partition coefficient (Wildman–Crippen LogP) is 4.19. The first-order valence-corrected chi connectivity index (χ1v) is 6.31. The molecule has 0 unspecified atom stereocenters. The van der Waals surface area contributed by atoms with Crippen molar-refractivity contribution in [3.8, 4) is 0 Å². The Balaban J connectivity index is 2.43. The molecule has 0 N–H and O–H groups in total. The standard InChI is InChI=1S/C12H22ClN/c1-3-12(13,4-2)10-14-11-8-6-5-7-9-11/h10-11H,3-9H2,1-2H3. The molecule has 82 valence electrons. The van der Waals surface area contributed by atoms with Gasteiger partial charge in [-0.15, -0.1) is 11.6 Å². The van der Waals surface area contributed by atoms with Crippen LogP contribution >= 0.6 is 11.6 Å². The second-order valence-corrected chi connectivity index (χ2v) is 5.06. The van der Waals surface area contributed by atoms with Crippen LogP contribution in [0.4, 0.5) is 0 Å². The molecular weight excluding hydrogens is 194 g/mol. The maximum Gasteiger partial charge on any atom is 0.0787 e. The van der Waals surface area contributed by atoms with Gasteiger partial charge in [0.2, 0.25) is 0 Å². The number of hydrogen-bond donors (Lipinski definition) is 0. The van der Waals surface area contributed by atoms with Crippen LogP contribution < -0.4 is 0 Å². The van der Waals surface area contributed by atoms with Gasteiger partial charge in [0, 0.05) is 12.3 Å². The number of alkyl halides is 1. The van der Waals surface area contributed by atoms with Gasteiger partial charge in [-0.1, -0.05) is 33.1 Å². The van der Waals surface area contributed by atoms with Crippen molar-refractivity contribution in [1.82, 2.24) is 0 Å². The van der Waals surface area contributed by atoms with Gasteiger partial charge in [0.1, 0.15) is 0 Å². The van der Waals surface area contributed by atoms with Crippen LogP contribution in [0.3, 0.4) is 0 Å². The molecule has 0 aromatic carbocycles. The van der Waals surface area contributed by atoms with E-state index in [1.165, 1.54) is 32.1 Å². The van der Waals surface area contributed by atoms with Crippen molar-refractivity contribution in [2.24, 2.45) is 4.99 Å². The molecule has 0 radical (unpaired) electrons. The molecule has 0 heterocycles. The average molecular weight is 216 g/mol. The third-order valence-electron chi connectivity index (χ3n) is 3.27. The summed E-state index contributed by atoms with van der Waals surface area (Å²) < 4.78 is 0. The fraction of sp³-hybridized carbons (Fsp3) is 0.917. The molecule has 0 amide bonds. The van der Waals surface area contributed by atoms with Crippen molar-refractivity contribution in [3.63, 3.8) is 0 Å². The lowest BCUT2D eigenvalue weighted by Gasteiger charge is -2.22. The summed E-state index contributed by atoms with van der Waals surface area (Å²) >= 11 is 6.38. The van der Waals surface area contributed by atoms with Gasteiger partial charge < -0.3 is 0 Å². The van der Waals surface area contributed by atoms with E-state index in [0.717, 1.165) is 12.8 Å². The molecule has 1 aliphatic rings. The Morgan fingerprint density at radius 1 is 1.21 bits per heavy atom. The van der Waals surface area contributed by atoms with Gasteiger partial charge in [-0.25, -0.2) is 0 Å². The molecule has 1 fully saturated rings. The van der Waals surface area contributed by atoms with Gasteiger partial charge in [-0.2, -0.15) is 0 Å². The Bertz CT molecular complexity index is 179. The topological polar surface area (TPSA) is 12.4 Å². The Kier molecular flexibility index (Phi) is 4.94. The highest BCUT2D eigenvalue weighted by molar-refractivity contribution is 6.32. The lowest BCUT2D eigenvalue weighted by atomic mass is 9.95. The molecule has 0 aliphatic heterocycles. The first-order chi connectivity index (χ1) is 6.70. The van der Waals surface area contributed by atoms with Gasteiger partial charge >= 0.3 is 0 Å². The molecule has 14 heavy (non-hydrogen) atoms. The van der Waals surface area contributed by atoms with E-state index in [1.807, 2.05) is 6.21 Å². The molecular formula is C12H22ClN. The molecule has 0 saturated heterocycles. The van der Waals surface area contributed by atoms with Gasteiger partial charge in [0.15, 0.2) is 0 Å². The highest BCUT2D eigenvalue weighted by Gasteiger charge is 2.20. The van der Waals surface area contributed by atoms with E-state index in [9.17, 15) is 0 Å². The zero-order valence-corrected chi connectivity index (χ0v) is 10.2. The number of nitrogens with zero attached hydrogens (tertiary/aromatic N) is 1. The summed E-state index contributed by atoms with van der Waals surface area (Å²) in [6.07, 6.45) is 10.5. The Morgan fingerprint density at radius 3 is 2.29 bits per heavy atom. The fourth-order valence-electron chi connectivity index (χ4n) is 1.90. The van der Waals surface area contributed by atoms with Crippen molar-refractivity contribution in [2.45, 2.75) is 69.7 Å². The van der Waals surface area contributed by atoms with Crippen molar-refractivity contribution < 1.29 is 0 Å². The van der Waals surface area contributed by atoms with E-state index < -0.39 is 0 Å². The molecule has 0 atom stereocenters. The maximum atomic E-state index is 6.38. The third-order valence-corrected chi connectivity index (χ3v) is 3.90. The van der Waals surface area contributed by atoms with E-state index in [4.69, 9.17) is 11.6 Å². The molecule has 0 spiro atoms. The highest BCUT2D eigenvalue weighted by Crippen LogP contribution is 2.24. The van der Waals surface area contributed by atoms with Crippen LogP contribution in [-0.2, 0) is 0 Å². The van der Waals surface area contributed by atoms with Crippen molar-refractivity contribution >= 4 is 17.8 Å². The van der Waals surface area contributed by atoms with E-state index in [-0.39, 0.29) is 4.87 Å². The van der Waals surface area contributed by atoms with E-state index in [1.54, 1.807) is 0 Å². The number of aliphatic imine (C=N–C) groups is 1. The smallest absolute Gasteiger partial charge is 0.0787 e. The van der Waals surface area contributed by atoms with Crippen LogP contribution in [0, 0.1) is 0 Å². The van der Waals surface area contributed by atoms with E-state index in [2.05, 4.69) is 18.8 Å². The molecule has 1 rings (SSSR count). The Morgan fingerprint density at radius 2 is 1.79 bits per heavy atom. The first-order valence-electron chi connectivity index (χ1n) is 5.93. The van der Waals surface area contributed by atoms with Crippen molar-refractivity contribution in [1.29, 1.82) is 0 Å². The molecule has 0 aromatic heterocycles. The van der Waals surface area contributed by atoms with Crippen molar-refractivity contribution in [3.05, 3.63) is 0 Å². The summed E-state index contributed by atoms with van der Waals surface area (Å²) in [5.41, 5.74) is 0. The Labute approximate surface area is 92.9 Å².